The highest BCUT2D eigenvalue weighted by molar-refractivity contribution is 5.97. The Morgan fingerprint density at radius 2 is 1.79 bits per heavy atom. The van der Waals surface area contributed by atoms with Crippen LogP contribution in [-0.2, 0) is 13.6 Å². The number of halogens is 1. The third-order valence-electron chi connectivity index (χ3n) is 4.45. The Morgan fingerprint density at radius 1 is 1.11 bits per heavy atom. The predicted octanol–water partition coefficient (Wildman–Crippen LogP) is 3.08. The molecule has 0 aliphatic heterocycles. The lowest BCUT2D eigenvalue weighted by Gasteiger charge is -2.17. The Hall–Kier alpha value is -3.42. The Balaban J connectivity index is 1.77. The van der Waals surface area contributed by atoms with Gasteiger partial charge in [0.15, 0.2) is 0 Å². The fraction of sp³-hybridized carbons (Fsp3) is 0.250. The number of nitrogens with zero attached hydrogens (tertiary/aromatic N) is 4. The van der Waals surface area contributed by atoms with Crippen molar-refractivity contribution in [1.29, 1.82) is 0 Å². The Labute approximate surface area is 162 Å². The molecule has 0 saturated carbocycles. The molecular formula is C20H22FN5O2. The lowest BCUT2D eigenvalue weighted by atomic mass is 10.2. The van der Waals surface area contributed by atoms with Crippen molar-refractivity contribution in [1.82, 2.24) is 19.4 Å². The molecule has 146 valence electrons. The molecule has 0 radical (unpaired) electrons. The van der Waals surface area contributed by atoms with Gasteiger partial charge in [-0.15, -0.1) is 0 Å². The first kappa shape index (κ1) is 19.3. The fourth-order valence-corrected chi connectivity index (χ4v) is 2.82. The Kier molecular flexibility index (Phi) is 5.30. The molecule has 0 fully saturated rings. The van der Waals surface area contributed by atoms with Gasteiger partial charge in [0.05, 0.1) is 17.6 Å². The minimum absolute atomic E-state index is 0.0927. The molecule has 2 aromatic carbocycles. The van der Waals surface area contributed by atoms with E-state index in [-0.39, 0.29) is 24.3 Å². The van der Waals surface area contributed by atoms with Crippen LogP contribution in [0.5, 0.6) is 0 Å². The molecule has 0 bridgehead atoms. The number of benzene rings is 2. The van der Waals surface area contributed by atoms with Gasteiger partial charge in [0.25, 0.3) is 5.91 Å². The minimum Gasteiger partial charge on any atom is -0.345 e. The summed E-state index contributed by atoms with van der Waals surface area (Å²) in [6, 6.07) is 10.6. The molecule has 1 aromatic heterocycles. The number of imidazole rings is 1. The summed E-state index contributed by atoms with van der Waals surface area (Å²) in [6.07, 6.45) is 0. The van der Waals surface area contributed by atoms with Crippen LogP contribution in [0.25, 0.3) is 11.0 Å². The van der Waals surface area contributed by atoms with Gasteiger partial charge in [-0.1, -0.05) is 0 Å². The van der Waals surface area contributed by atoms with Crippen molar-refractivity contribution in [2.75, 3.05) is 26.5 Å². The number of aromatic nitrogens is 2. The third-order valence-corrected chi connectivity index (χ3v) is 4.45. The Morgan fingerprint density at radius 3 is 2.43 bits per heavy atom. The zero-order valence-corrected chi connectivity index (χ0v) is 16.2. The van der Waals surface area contributed by atoms with Crippen LogP contribution < -0.4 is 5.32 Å². The lowest BCUT2D eigenvalue weighted by Crippen LogP contribution is -2.31. The van der Waals surface area contributed by atoms with Crippen molar-refractivity contribution in [3.05, 3.63) is 59.7 Å². The largest absolute Gasteiger partial charge is 0.345 e. The smallest absolute Gasteiger partial charge is 0.321 e. The van der Waals surface area contributed by atoms with E-state index in [9.17, 15) is 14.0 Å². The normalized spacial score (nSPS) is 10.8. The summed E-state index contributed by atoms with van der Waals surface area (Å²) in [5.41, 5.74) is 2.63. The van der Waals surface area contributed by atoms with Gasteiger partial charge in [-0.2, -0.15) is 0 Å². The van der Waals surface area contributed by atoms with Gasteiger partial charge in [0.2, 0.25) is 0 Å². The molecule has 7 nitrogen and oxygen atoms in total. The molecule has 0 aliphatic carbocycles. The van der Waals surface area contributed by atoms with E-state index in [1.54, 1.807) is 33.3 Å². The van der Waals surface area contributed by atoms with Gasteiger partial charge in [0, 0.05) is 39.4 Å². The monoisotopic (exact) mass is 383 g/mol. The zero-order chi connectivity index (χ0) is 20.4. The van der Waals surface area contributed by atoms with Crippen LogP contribution in [0.4, 0.5) is 14.9 Å². The summed E-state index contributed by atoms with van der Waals surface area (Å²) >= 11 is 0. The number of anilines is 1. The van der Waals surface area contributed by atoms with E-state index in [4.69, 9.17) is 0 Å². The molecule has 3 rings (SSSR count). The molecule has 28 heavy (non-hydrogen) atoms. The van der Waals surface area contributed by atoms with Gasteiger partial charge < -0.3 is 19.7 Å². The molecule has 0 aliphatic rings. The van der Waals surface area contributed by atoms with Gasteiger partial charge >= 0.3 is 6.03 Å². The second-order valence-electron chi connectivity index (χ2n) is 6.78. The summed E-state index contributed by atoms with van der Waals surface area (Å²) in [5.74, 6) is 0.226. The number of rotatable bonds is 4. The number of fused-ring (bicyclic) bond motifs is 1. The van der Waals surface area contributed by atoms with Crippen molar-refractivity contribution in [3.63, 3.8) is 0 Å². The van der Waals surface area contributed by atoms with Gasteiger partial charge in [-0.3, -0.25) is 4.79 Å². The molecule has 3 aromatic rings. The summed E-state index contributed by atoms with van der Waals surface area (Å²) in [7, 11) is 6.92. The first-order valence-electron chi connectivity index (χ1n) is 8.71. The van der Waals surface area contributed by atoms with Crippen LogP contribution in [0.1, 0.15) is 16.2 Å². The number of aryl methyl sites for hydroxylation is 1. The van der Waals surface area contributed by atoms with Crippen molar-refractivity contribution >= 4 is 28.7 Å². The average molecular weight is 383 g/mol. The lowest BCUT2D eigenvalue weighted by molar-refractivity contribution is 0.0827. The first-order valence-corrected chi connectivity index (χ1v) is 8.71. The molecule has 0 atom stereocenters. The van der Waals surface area contributed by atoms with E-state index in [1.165, 1.54) is 34.1 Å². The topological polar surface area (TPSA) is 70.5 Å². The molecule has 1 heterocycles. The number of amides is 3. The summed E-state index contributed by atoms with van der Waals surface area (Å²) in [6.45, 7) is 0.273. The quantitative estimate of drug-likeness (QED) is 0.753. The number of nitrogens with one attached hydrogen (secondary N) is 1. The van der Waals surface area contributed by atoms with Crippen molar-refractivity contribution < 1.29 is 14.0 Å². The van der Waals surface area contributed by atoms with Crippen LogP contribution in [0.2, 0.25) is 0 Å². The predicted molar refractivity (Wildman–Crippen MR) is 106 cm³/mol. The van der Waals surface area contributed by atoms with Gasteiger partial charge in [0.1, 0.15) is 11.6 Å². The highest BCUT2D eigenvalue weighted by Gasteiger charge is 2.16. The summed E-state index contributed by atoms with van der Waals surface area (Å²) < 4.78 is 14.9. The number of urea groups is 1. The highest BCUT2D eigenvalue weighted by Crippen LogP contribution is 2.19. The number of hydrogen-bond acceptors (Lipinski definition) is 3. The molecule has 3 amide bonds. The summed E-state index contributed by atoms with van der Waals surface area (Å²) in [5, 5.41) is 2.71. The van der Waals surface area contributed by atoms with Crippen LogP contribution in [-0.4, -0.2) is 52.4 Å². The maximum atomic E-state index is 13.0. The van der Waals surface area contributed by atoms with Crippen LogP contribution >= 0.6 is 0 Å². The molecule has 8 heteroatoms. The molecule has 0 unspecified atom stereocenters. The second kappa shape index (κ2) is 7.67. The van der Waals surface area contributed by atoms with E-state index >= 15 is 0 Å². The fourth-order valence-electron chi connectivity index (χ4n) is 2.82. The molecule has 0 saturated heterocycles. The SMILES string of the molecule is CN(C)C(=O)c1ccc2c(c1)nc(CN(C)C(=O)Nc1ccc(F)cc1)n2C. The second-order valence-corrected chi connectivity index (χ2v) is 6.78. The average Bonchev–Trinajstić information content (AvgIpc) is 2.97. The van der Waals surface area contributed by atoms with E-state index < -0.39 is 0 Å². The molecule has 1 N–H and O–H groups in total. The summed E-state index contributed by atoms with van der Waals surface area (Å²) in [4.78, 5) is 32.1. The molecular weight excluding hydrogens is 361 g/mol. The highest BCUT2D eigenvalue weighted by atomic mass is 19.1. The van der Waals surface area contributed by atoms with Gasteiger partial charge in [-0.25, -0.2) is 14.2 Å². The first-order chi connectivity index (χ1) is 13.3. The van der Waals surface area contributed by atoms with Crippen molar-refractivity contribution in [3.8, 4) is 0 Å². The van der Waals surface area contributed by atoms with Crippen LogP contribution in [0, 0.1) is 5.82 Å². The number of carbonyl (C=O) groups is 2. The van der Waals surface area contributed by atoms with E-state index in [0.717, 1.165) is 5.52 Å². The van der Waals surface area contributed by atoms with Crippen molar-refractivity contribution in [2.45, 2.75) is 6.54 Å². The van der Waals surface area contributed by atoms with E-state index in [0.29, 0.717) is 22.6 Å². The Bertz CT molecular complexity index is 1030. The van der Waals surface area contributed by atoms with Gasteiger partial charge in [-0.05, 0) is 42.5 Å². The maximum absolute atomic E-state index is 13.0. The third kappa shape index (κ3) is 3.95. The van der Waals surface area contributed by atoms with Crippen LogP contribution in [0.3, 0.4) is 0 Å². The number of carbonyl (C=O) groups excluding carboxylic acids is 2. The van der Waals surface area contributed by atoms with E-state index in [1.807, 2.05) is 17.7 Å². The van der Waals surface area contributed by atoms with Crippen LogP contribution in [0.15, 0.2) is 42.5 Å². The van der Waals surface area contributed by atoms with E-state index in [2.05, 4.69) is 10.3 Å². The number of hydrogen-bond donors (Lipinski definition) is 1. The maximum Gasteiger partial charge on any atom is 0.321 e. The standard InChI is InChI=1S/C20H22FN5O2/c1-24(2)19(27)13-5-10-17-16(11-13)23-18(26(17)4)12-25(3)20(28)22-15-8-6-14(21)7-9-15/h5-11H,12H2,1-4H3,(H,22,28). The molecule has 0 spiro atoms. The zero-order valence-electron chi connectivity index (χ0n) is 16.2. The van der Waals surface area contributed by atoms with Crippen molar-refractivity contribution in [2.24, 2.45) is 7.05 Å². The minimum atomic E-state index is -0.363.